The first-order valence-corrected chi connectivity index (χ1v) is 6.88. The van der Waals surface area contributed by atoms with Crippen LogP contribution in [-0.2, 0) is 0 Å². The number of hydrogen-bond donors (Lipinski definition) is 2. The van der Waals surface area contributed by atoms with Gasteiger partial charge >= 0.3 is 6.03 Å². The number of hydrogen-bond acceptors (Lipinski definition) is 3. The van der Waals surface area contributed by atoms with Crippen molar-refractivity contribution in [2.45, 2.75) is 18.6 Å². The van der Waals surface area contributed by atoms with E-state index in [1.165, 1.54) is 4.90 Å². The number of nitrogens with one attached hydrogen (secondary N) is 1. The Hall–Kier alpha value is -1.96. The Bertz CT molecular complexity index is 530. The normalized spacial score (nSPS) is 21.0. The van der Waals surface area contributed by atoms with Crippen LogP contribution in [0.5, 0.6) is 5.75 Å². The first-order chi connectivity index (χ1) is 10.5. The van der Waals surface area contributed by atoms with Crippen molar-refractivity contribution in [2.75, 3.05) is 26.3 Å². The molecule has 0 bridgehead atoms. The molecule has 1 fully saturated rings. The number of carbonyl (C=O) groups excluding carboxylic acids is 1. The zero-order valence-corrected chi connectivity index (χ0v) is 11.8. The van der Waals surface area contributed by atoms with E-state index in [2.05, 4.69) is 5.32 Å². The number of nitrogens with zero attached hydrogens (tertiary/aromatic N) is 1. The molecule has 1 aliphatic heterocycles. The molecule has 22 heavy (non-hydrogen) atoms. The molecular weight excluding hydrogens is 301 g/mol. The summed E-state index contributed by atoms with van der Waals surface area (Å²) in [4.78, 5) is 13.1. The van der Waals surface area contributed by atoms with Gasteiger partial charge in [0.05, 0.1) is 25.7 Å². The number of ether oxygens (including phenoxy) is 1. The Morgan fingerprint density at radius 1 is 1.45 bits per heavy atom. The summed E-state index contributed by atoms with van der Waals surface area (Å²) in [5.41, 5.74) is 0. The van der Waals surface area contributed by atoms with Crippen molar-refractivity contribution in [2.24, 2.45) is 0 Å². The van der Waals surface area contributed by atoms with Gasteiger partial charge in [-0.3, -0.25) is 0 Å². The minimum absolute atomic E-state index is 0.0228. The van der Waals surface area contributed by atoms with E-state index in [-0.39, 0.29) is 38.5 Å². The van der Waals surface area contributed by atoms with Crippen molar-refractivity contribution in [1.29, 1.82) is 0 Å². The molecule has 2 unspecified atom stereocenters. The standard InChI is InChI=1S/C14H17F3N2O3/c15-9-1-2-13(12(17)6-9)22-4-3-18-14(21)19-7-10(16)5-11(19)8-20/h1-2,6,10-11,20H,3-5,7-8H2,(H,18,21). The lowest BCUT2D eigenvalue weighted by Crippen LogP contribution is -2.45. The van der Waals surface area contributed by atoms with E-state index in [9.17, 15) is 18.0 Å². The van der Waals surface area contributed by atoms with E-state index in [0.717, 1.165) is 12.1 Å². The van der Waals surface area contributed by atoms with Crippen molar-refractivity contribution in [3.05, 3.63) is 29.8 Å². The predicted molar refractivity (Wildman–Crippen MR) is 72.3 cm³/mol. The SMILES string of the molecule is O=C(NCCOc1ccc(F)cc1F)N1CC(F)CC1CO. The fourth-order valence-corrected chi connectivity index (χ4v) is 2.29. The molecule has 2 rings (SSSR count). The van der Waals surface area contributed by atoms with Gasteiger partial charge in [-0.1, -0.05) is 0 Å². The molecule has 2 N–H and O–H groups in total. The van der Waals surface area contributed by atoms with Crippen molar-refractivity contribution in [1.82, 2.24) is 10.2 Å². The van der Waals surface area contributed by atoms with E-state index in [0.29, 0.717) is 6.07 Å². The van der Waals surface area contributed by atoms with Gasteiger partial charge in [0.1, 0.15) is 18.6 Å². The van der Waals surface area contributed by atoms with Crippen LogP contribution >= 0.6 is 0 Å². The fourth-order valence-electron chi connectivity index (χ4n) is 2.29. The van der Waals surface area contributed by atoms with Crippen LogP contribution in [0.4, 0.5) is 18.0 Å². The molecule has 0 aliphatic carbocycles. The average Bonchev–Trinajstić information content (AvgIpc) is 2.86. The lowest BCUT2D eigenvalue weighted by atomic mass is 10.2. The van der Waals surface area contributed by atoms with Crippen LogP contribution in [0.3, 0.4) is 0 Å². The summed E-state index contributed by atoms with van der Waals surface area (Å²) in [5, 5.41) is 11.6. The van der Waals surface area contributed by atoms with Crippen LogP contribution in [0, 0.1) is 11.6 Å². The van der Waals surface area contributed by atoms with Gasteiger partial charge in [0.2, 0.25) is 0 Å². The van der Waals surface area contributed by atoms with E-state index in [1.807, 2.05) is 0 Å². The fraction of sp³-hybridized carbons (Fsp3) is 0.500. The van der Waals surface area contributed by atoms with Crippen LogP contribution in [0.2, 0.25) is 0 Å². The quantitative estimate of drug-likeness (QED) is 0.808. The van der Waals surface area contributed by atoms with Crippen LogP contribution in [-0.4, -0.2) is 54.6 Å². The van der Waals surface area contributed by atoms with Gasteiger partial charge in [-0.05, 0) is 12.1 Å². The van der Waals surface area contributed by atoms with E-state index >= 15 is 0 Å². The molecule has 1 heterocycles. The molecule has 1 aromatic carbocycles. The Morgan fingerprint density at radius 3 is 2.91 bits per heavy atom. The smallest absolute Gasteiger partial charge is 0.317 e. The average molecular weight is 318 g/mol. The van der Waals surface area contributed by atoms with Crippen molar-refractivity contribution in [3.8, 4) is 5.75 Å². The highest BCUT2D eigenvalue weighted by molar-refractivity contribution is 5.75. The maximum absolute atomic E-state index is 13.3. The number of benzene rings is 1. The van der Waals surface area contributed by atoms with E-state index in [1.54, 1.807) is 0 Å². The first-order valence-electron chi connectivity index (χ1n) is 6.88. The van der Waals surface area contributed by atoms with E-state index in [4.69, 9.17) is 9.84 Å². The molecule has 0 spiro atoms. The van der Waals surface area contributed by atoms with Crippen molar-refractivity contribution in [3.63, 3.8) is 0 Å². The number of likely N-dealkylation sites (tertiary alicyclic amines) is 1. The molecule has 1 aromatic rings. The molecule has 2 atom stereocenters. The second-order valence-electron chi connectivity index (χ2n) is 4.98. The number of rotatable bonds is 5. The van der Waals surface area contributed by atoms with Gasteiger partial charge in [0, 0.05) is 12.5 Å². The largest absolute Gasteiger partial charge is 0.489 e. The topological polar surface area (TPSA) is 61.8 Å². The Kier molecular flexibility index (Phi) is 5.48. The number of aliphatic hydroxyl groups excluding tert-OH is 1. The summed E-state index contributed by atoms with van der Waals surface area (Å²) in [6, 6.07) is 1.87. The minimum Gasteiger partial charge on any atom is -0.489 e. The van der Waals surface area contributed by atoms with Gasteiger partial charge < -0.3 is 20.1 Å². The third-order valence-electron chi connectivity index (χ3n) is 3.36. The summed E-state index contributed by atoms with van der Waals surface area (Å²) in [6.07, 6.45) is -1.03. The highest BCUT2D eigenvalue weighted by atomic mass is 19.1. The summed E-state index contributed by atoms with van der Waals surface area (Å²) >= 11 is 0. The number of urea groups is 1. The molecule has 2 amide bonds. The maximum atomic E-state index is 13.3. The second kappa shape index (κ2) is 7.35. The Labute approximate surface area is 125 Å². The number of aliphatic hydroxyl groups is 1. The van der Waals surface area contributed by atoms with Gasteiger partial charge in [-0.15, -0.1) is 0 Å². The van der Waals surface area contributed by atoms with Crippen molar-refractivity contribution < 1.29 is 27.8 Å². The number of amides is 2. The maximum Gasteiger partial charge on any atom is 0.317 e. The van der Waals surface area contributed by atoms with Crippen LogP contribution < -0.4 is 10.1 Å². The summed E-state index contributed by atoms with van der Waals surface area (Å²) in [5.74, 6) is -1.65. The molecular formula is C14H17F3N2O3. The molecule has 1 aliphatic rings. The molecule has 0 aromatic heterocycles. The third-order valence-corrected chi connectivity index (χ3v) is 3.36. The summed E-state index contributed by atoms with van der Waals surface area (Å²) < 4.78 is 44.3. The summed E-state index contributed by atoms with van der Waals surface area (Å²) in [6.45, 7) is -0.318. The number of alkyl halides is 1. The Morgan fingerprint density at radius 2 is 2.23 bits per heavy atom. The monoisotopic (exact) mass is 318 g/mol. The van der Waals surface area contributed by atoms with Crippen LogP contribution in [0.15, 0.2) is 18.2 Å². The van der Waals surface area contributed by atoms with Crippen LogP contribution in [0.1, 0.15) is 6.42 Å². The lowest BCUT2D eigenvalue weighted by molar-refractivity contribution is 0.155. The molecule has 0 saturated carbocycles. The molecule has 8 heteroatoms. The molecule has 0 radical (unpaired) electrons. The van der Waals surface area contributed by atoms with Gasteiger partial charge in [-0.2, -0.15) is 0 Å². The van der Waals surface area contributed by atoms with Gasteiger partial charge in [0.15, 0.2) is 11.6 Å². The zero-order chi connectivity index (χ0) is 16.1. The van der Waals surface area contributed by atoms with Crippen molar-refractivity contribution >= 4 is 6.03 Å². The van der Waals surface area contributed by atoms with Gasteiger partial charge in [-0.25, -0.2) is 18.0 Å². The zero-order valence-electron chi connectivity index (χ0n) is 11.8. The van der Waals surface area contributed by atoms with E-state index < -0.39 is 29.9 Å². The summed E-state index contributed by atoms with van der Waals surface area (Å²) in [7, 11) is 0. The van der Waals surface area contributed by atoms with Gasteiger partial charge in [0.25, 0.3) is 0 Å². The highest BCUT2D eigenvalue weighted by Gasteiger charge is 2.34. The number of carbonyl (C=O) groups is 1. The molecule has 1 saturated heterocycles. The number of halogens is 3. The van der Waals surface area contributed by atoms with Crippen LogP contribution in [0.25, 0.3) is 0 Å². The molecule has 5 nitrogen and oxygen atoms in total. The Balaban J connectivity index is 1.75. The second-order valence-corrected chi connectivity index (χ2v) is 4.98. The lowest BCUT2D eigenvalue weighted by Gasteiger charge is -2.22. The molecule has 122 valence electrons. The third kappa shape index (κ3) is 4.03. The highest BCUT2D eigenvalue weighted by Crippen LogP contribution is 2.20. The first kappa shape index (κ1) is 16.4. The minimum atomic E-state index is -1.15. The predicted octanol–water partition coefficient (Wildman–Crippen LogP) is 1.46.